The molecule has 7 heteroatoms. The van der Waals surface area contributed by atoms with Crippen LogP contribution >= 0.6 is 15.9 Å². The largest absolute Gasteiger partial charge is 0.477 e. The lowest BCUT2D eigenvalue weighted by molar-refractivity contribution is 0.0690. The number of nitrogens with zero attached hydrogens (tertiary/aromatic N) is 1. The molecule has 0 atom stereocenters. The first-order valence-corrected chi connectivity index (χ1v) is 5.61. The Hall–Kier alpha value is -2.15. The number of hydrogen-bond donors (Lipinski definition) is 2. The zero-order valence-electron chi connectivity index (χ0n) is 8.88. The Morgan fingerprint density at radius 2 is 2.17 bits per heavy atom. The van der Waals surface area contributed by atoms with Crippen molar-refractivity contribution in [2.75, 3.05) is 5.32 Å². The number of carbonyl (C=O) groups excluding carboxylic acids is 1. The van der Waals surface area contributed by atoms with Crippen LogP contribution in [0.1, 0.15) is 20.8 Å². The van der Waals surface area contributed by atoms with E-state index in [0.29, 0.717) is 15.9 Å². The van der Waals surface area contributed by atoms with Crippen LogP contribution in [0.3, 0.4) is 0 Å². The average molecular weight is 311 g/mol. The molecule has 6 nitrogen and oxygen atoms in total. The third kappa shape index (κ3) is 2.57. The van der Waals surface area contributed by atoms with E-state index in [1.807, 2.05) is 0 Å². The number of carboxylic acids is 1. The Balaban J connectivity index is 2.20. The Kier molecular flexibility index (Phi) is 3.42. The molecular formula is C11H7BrN2O4. The molecule has 0 spiro atoms. The summed E-state index contributed by atoms with van der Waals surface area (Å²) in [5.74, 6) is -1.56. The van der Waals surface area contributed by atoms with E-state index < -0.39 is 11.9 Å². The molecule has 0 aliphatic heterocycles. The summed E-state index contributed by atoms with van der Waals surface area (Å²) in [6, 6.07) is 4.27. The smallest absolute Gasteiger partial charge is 0.354 e. The van der Waals surface area contributed by atoms with E-state index in [1.54, 1.807) is 0 Å². The van der Waals surface area contributed by atoms with Crippen molar-refractivity contribution in [3.8, 4) is 0 Å². The number of hydrogen-bond acceptors (Lipinski definition) is 4. The summed E-state index contributed by atoms with van der Waals surface area (Å²) in [4.78, 5) is 26.2. The van der Waals surface area contributed by atoms with Crippen molar-refractivity contribution in [1.82, 2.24) is 4.98 Å². The Bertz CT molecular complexity index is 609. The van der Waals surface area contributed by atoms with Crippen molar-refractivity contribution in [1.29, 1.82) is 0 Å². The molecular weight excluding hydrogens is 304 g/mol. The third-order valence-electron chi connectivity index (χ3n) is 2.10. The van der Waals surface area contributed by atoms with Gasteiger partial charge < -0.3 is 14.8 Å². The number of aromatic carboxylic acids is 1. The third-order valence-corrected chi connectivity index (χ3v) is 2.71. The fraction of sp³-hybridized carbons (Fsp3) is 0. The van der Waals surface area contributed by atoms with Crippen LogP contribution in [-0.4, -0.2) is 22.0 Å². The summed E-state index contributed by atoms with van der Waals surface area (Å²) in [5.41, 5.74) is 0.531. The van der Waals surface area contributed by atoms with E-state index in [2.05, 4.69) is 26.2 Å². The van der Waals surface area contributed by atoms with Crippen molar-refractivity contribution >= 4 is 33.5 Å². The molecule has 0 bridgehead atoms. The highest BCUT2D eigenvalue weighted by atomic mass is 79.9. The number of rotatable bonds is 3. The van der Waals surface area contributed by atoms with Gasteiger partial charge in [0.1, 0.15) is 5.69 Å². The van der Waals surface area contributed by atoms with Crippen LogP contribution < -0.4 is 5.32 Å². The molecule has 0 fully saturated rings. The minimum atomic E-state index is -1.16. The van der Waals surface area contributed by atoms with Crippen molar-refractivity contribution < 1.29 is 19.1 Å². The fourth-order valence-electron chi connectivity index (χ4n) is 1.28. The average Bonchev–Trinajstić information content (AvgIpc) is 2.76. The molecule has 2 aromatic rings. The highest BCUT2D eigenvalue weighted by Crippen LogP contribution is 2.19. The van der Waals surface area contributed by atoms with Crippen LogP contribution in [0.5, 0.6) is 0 Å². The number of aromatic nitrogens is 1. The molecule has 0 saturated heterocycles. The van der Waals surface area contributed by atoms with E-state index in [9.17, 15) is 9.59 Å². The maximum atomic E-state index is 11.8. The van der Waals surface area contributed by atoms with E-state index in [0.717, 1.165) is 0 Å². The highest BCUT2D eigenvalue weighted by molar-refractivity contribution is 9.10. The van der Waals surface area contributed by atoms with Crippen LogP contribution in [0.4, 0.5) is 5.69 Å². The number of halogens is 1. The van der Waals surface area contributed by atoms with E-state index >= 15 is 0 Å². The zero-order valence-corrected chi connectivity index (χ0v) is 10.5. The first-order chi connectivity index (χ1) is 8.58. The number of nitrogens with one attached hydrogen (secondary N) is 1. The molecule has 18 heavy (non-hydrogen) atoms. The quantitative estimate of drug-likeness (QED) is 0.908. The van der Waals surface area contributed by atoms with Gasteiger partial charge >= 0.3 is 5.97 Å². The number of carboxylic acid groups (broad SMARTS) is 1. The number of furan rings is 1. The van der Waals surface area contributed by atoms with Gasteiger partial charge in [-0.1, -0.05) is 0 Å². The molecule has 0 aliphatic rings. The van der Waals surface area contributed by atoms with Gasteiger partial charge in [0, 0.05) is 11.9 Å². The molecule has 0 aromatic carbocycles. The number of anilines is 1. The first-order valence-electron chi connectivity index (χ1n) is 4.81. The molecule has 92 valence electrons. The normalized spacial score (nSPS) is 10.1. The standard InChI is InChI=1S/C11H7BrN2O4/c12-9-7(2-4-18-9)10(15)14-6-1-3-13-8(5-6)11(16)17/h1-5H,(H,16,17)(H,13,14,15). The minimum absolute atomic E-state index is 0.140. The van der Waals surface area contributed by atoms with Crippen LogP contribution in [-0.2, 0) is 0 Å². The van der Waals surface area contributed by atoms with Gasteiger partial charge in [-0.2, -0.15) is 0 Å². The first kappa shape index (κ1) is 12.3. The number of pyridine rings is 1. The number of carbonyl (C=O) groups is 2. The van der Waals surface area contributed by atoms with Gasteiger partial charge in [-0.3, -0.25) is 4.79 Å². The summed E-state index contributed by atoms with van der Waals surface area (Å²) in [5, 5.41) is 11.3. The summed E-state index contributed by atoms with van der Waals surface area (Å²) < 4.78 is 5.25. The van der Waals surface area contributed by atoms with Gasteiger partial charge in [-0.25, -0.2) is 9.78 Å². The molecule has 0 aliphatic carbocycles. The second-order valence-electron chi connectivity index (χ2n) is 3.30. The van der Waals surface area contributed by atoms with Crippen LogP contribution in [0.15, 0.2) is 39.7 Å². The van der Waals surface area contributed by atoms with E-state index in [-0.39, 0.29) is 5.69 Å². The van der Waals surface area contributed by atoms with Gasteiger partial charge in [-0.15, -0.1) is 0 Å². The van der Waals surface area contributed by atoms with Gasteiger partial charge in [0.25, 0.3) is 5.91 Å². The topological polar surface area (TPSA) is 92.4 Å². The maximum absolute atomic E-state index is 11.8. The second-order valence-corrected chi connectivity index (χ2v) is 4.02. The van der Waals surface area contributed by atoms with Crippen molar-refractivity contribution in [2.45, 2.75) is 0 Å². The molecule has 2 heterocycles. The van der Waals surface area contributed by atoms with Crippen molar-refractivity contribution in [3.05, 3.63) is 46.6 Å². The van der Waals surface area contributed by atoms with Crippen molar-refractivity contribution in [2.24, 2.45) is 0 Å². The molecule has 0 radical (unpaired) electrons. The monoisotopic (exact) mass is 310 g/mol. The molecule has 0 saturated carbocycles. The van der Waals surface area contributed by atoms with Crippen LogP contribution in [0.2, 0.25) is 0 Å². The van der Waals surface area contributed by atoms with Gasteiger partial charge in [0.2, 0.25) is 0 Å². The summed E-state index contributed by atoms with van der Waals surface area (Å²) in [6.45, 7) is 0. The Labute approximate surface area is 110 Å². The molecule has 1 amide bonds. The molecule has 2 rings (SSSR count). The summed E-state index contributed by atoms with van der Waals surface area (Å²) in [7, 11) is 0. The lowest BCUT2D eigenvalue weighted by Crippen LogP contribution is -2.12. The Morgan fingerprint density at radius 3 is 2.78 bits per heavy atom. The van der Waals surface area contributed by atoms with Crippen molar-refractivity contribution in [3.63, 3.8) is 0 Å². The molecule has 2 N–H and O–H groups in total. The maximum Gasteiger partial charge on any atom is 0.354 e. The number of amides is 1. The fourth-order valence-corrected chi connectivity index (χ4v) is 1.70. The SMILES string of the molecule is O=C(O)c1cc(NC(=O)c2ccoc2Br)ccn1. The lowest BCUT2D eigenvalue weighted by atomic mass is 10.3. The highest BCUT2D eigenvalue weighted by Gasteiger charge is 2.13. The van der Waals surface area contributed by atoms with Crippen LogP contribution in [0.25, 0.3) is 0 Å². The summed E-state index contributed by atoms with van der Waals surface area (Å²) >= 11 is 3.08. The van der Waals surface area contributed by atoms with Gasteiger partial charge in [0.15, 0.2) is 4.67 Å². The molecule has 2 aromatic heterocycles. The Morgan fingerprint density at radius 1 is 1.39 bits per heavy atom. The lowest BCUT2D eigenvalue weighted by Gasteiger charge is -2.04. The zero-order chi connectivity index (χ0) is 13.1. The second kappa shape index (κ2) is 5.01. The van der Waals surface area contributed by atoms with Crippen LogP contribution in [0, 0.1) is 0 Å². The summed E-state index contributed by atoms with van der Waals surface area (Å²) in [6.07, 6.45) is 2.68. The van der Waals surface area contributed by atoms with E-state index in [1.165, 1.54) is 30.7 Å². The molecule has 0 unspecified atom stereocenters. The van der Waals surface area contributed by atoms with Gasteiger partial charge in [-0.05, 0) is 34.1 Å². The minimum Gasteiger partial charge on any atom is -0.477 e. The van der Waals surface area contributed by atoms with Gasteiger partial charge in [0.05, 0.1) is 11.8 Å². The predicted octanol–water partition coefficient (Wildman–Crippen LogP) is 2.39. The predicted molar refractivity (Wildman–Crippen MR) is 65.6 cm³/mol. The van der Waals surface area contributed by atoms with E-state index in [4.69, 9.17) is 9.52 Å².